The van der Waals surface area contributed by atoms with Gasteiger partial charge < -0.3 is 9.47 Å². The monoisotopic (exact) mass is 308 g/mol. The van der Waals surface area contributed by atoms with Gasteiger partial charge in [0.05, 0.1) is 13.2 Å². The molecule has 1 aliphatic carbocycles. The van der Waals surface area contributed by atoms with Crippen molar-refractivity contribution in [2.24, 2.45) is 5.92 Å². The van der Waals surface area contributed by atoms with E-state index in [1.54, 1.807) is 0 Å². The van der Waals surface area contributed by atoms with Crippen molar-refractivity contribution in [3.63, 3.8) is 0 Å². The van der Waals surface area contributed by atoms with Crippen LogP contribution in [0.2, 0.25) is 0 Å². The highest BCUT2D eigenvalue weighted by Crippen LogP contribution is 2.39. The highest BCUT2D eigenvalue weighted by Gasteiger charge is 2.27. The molecule has 0 amide bonds. The predicted molar refractivity (Wildman–Crippen MR) is 88.8 cm³/mol. The Morgan fingerprint density at radius 1 is 1.17 bits per heavy atom. The first-order valence-corrected chi connectivity index (χ1v) is 7.85. The Hall–Kier alpha value is -2.72. The van der Waals surface area contributed by atoms with E-state index in [4.69, 9.17) is 20.0 Å². The van der Waals surface area contributed by atoms with Crippen molar-refractivity contribution in [1.82, 2.24) is 0 Å². The molecule has 0 heterocycles. The van der Waals surface area contributed by atoms with Crippen molar-refractivity contribution in [1.29, 1.82) is 10.5 Å². The Kier molecular flexibility index (Phi) is 5.83. The molecule has 0 radical (unpaired) electrons. The van der Waals surface area contributed by atoms with Crippen LogP contribution in [-0.2, 0) is 0 Å². The van der Waals surface area contributed by atoms with Gasteiger partial charge in [0.15, 0.2) is 0 Å². The number of hydrogen-bond acceptors (Lipinski definition) is 4. The maximum atomic E-state index is 9.10. The molecule has 23 heavy (non-hydrogen) atoms. The van der Waals surface area contributed by atoms with Crippen molar-refractivity contribution in [3.8, 4) is 23.6 Å². The molecule has 1 saturated carbocycles. The molecule has 0 bridgehead atoms. The molecule has 0 saturated heterocycles. The van der Waals surface area contributed by atoms with Crippen LogP contribution in [-0.4, -0.2) is 13.2 Å². The largest absolute Gasteiger partial charge is 0.494 e. The van der Waals surface area contributed by atoms with Crippen molar-refractivity contribution in [3.05, 3.63) is 41.0 Å². The summed E-state index contributed by atoms with van der Waals surface area (Å²) < 4.78 is 11.2. The Bertz CT molecular complexity index is 685. The van der Waals surface area contributed by atoms with Crippen LogP contribution in [0.3, 0.4) is 0 Å². The number of nitrogens with zero attached hydrogens (tertiary/aromatic N) is 2. The van der Waals surface area contributed by atoms with Gasteiger partial charge in [-0.3, -0.25) is 0 Å². The van der Waals surface area contributed by atoms with Gasteiger partial charge >= 0.3 is 0 Å². The average molecular weight is 308 g/mol. The minimum atomic E-state index is 0.202. The lowest BCUT2D eigenvalue weighted by Crippen LogP contribution is -1.97. The molecular weight excluding hydrogens is 288 g/mol. The average Bonchev–Trinajstić information content (AvgIpc) is 3.38. The van der Waals surface area contributed by atoms with E-state index in [0.29, 0.717) is 19.1 Å². The summed E-state index contributed by atoms with van der Waals surface area (Å²) in [4.78, 5) is 0. The molecular formula is C19H20N2O2. The standard InChI is InChI=1S/C19H20N2O2/c1-3-22-17-9-7-15(19(11-17)23-4-2)8-10-18(14-5-6-14)16(12-20)13-21/h7-11,14H,3-6H2,1-2H3/b10-8+. The predicted octanol–water partition coefficient (Wildman–Crippen LogP) is 4.25. The van der Waals surface area contributed by atoms with Crippen molar-refractivity contribution in [2.45, 2.75) is 26.7 Å². The molecule has 0 unspecified atom stereocenters. The Morgan fingerprint density at radius 3 is 2.43 bits per heavy atom. The topological polar surface area (TPSA) is 66.0 Å². The summed E-state index contributed by atoms with van der Waals surface area (Å²) in [5.41, 5.74) is 1.93. The Labute approximate surface area is 137 Å². The van der Waals surface area contributed by atoms with Crippen LogP contribution < -0.4 is 9.47 Å². The van der Waals surface area contributed by atoms with Crippen LogP contribution in [0.25, 0.3) is 6.08 Å². The van der Waals surface area contributed by atoms with Crippen molar-refractivity contribution in [2.75, 3.05) is 13.2 Å². The summed E-state index contributed by atoms with van der Waals surface area (Å²) in [6.45, 7) is 5.03. The molecule has 0 aliphatic heterocycles. The van der Waals surface area contributed by atoms with Gasteiger partial charge in [0.2, 0.25) is 0 Å². The summed E-state index contributed by atoms with van der Waals surface area (Å²) >= 11 is 0. The zero-order valence-corrected chi connectivity index (χ0v) is 13.5. The second-order valence-electron chi connectivity index (χ2n) is 5.23. The van der Waals surface area contributed by atoms with Gasteiger partial charge in [0, 0.05) is 11.6 Å². The zero-order valence-electron chi connectivity index (χ0n) is 13.5. The smallest absolute Gasteiger partial charge is 0.133 e. The van der Waals surface area contributed by atoms with Crippen LogP contribution in [0.1, 0.15) is 32.3 Å². The summed E-state index contributed by atoms with van der Waals surface area (Å²) in [7, 11) is 0. The van der Waals surface area contributed by atoms with Gasteiger partial charge in [0.1, 0.15) is 29.2 Å². The molecule has 0 aromatic heterocycles. The molecule has 1 aromatic carbocycles. The number of rotatable bonds is 7. The van der Waals surface area contributed by atoms with Gasteiger partial charge in [-0.05, 0) is 50.3 Å². The first kappa shape index (κ1) is 16.6. The fourth-order valence-electron chi connectivity index (χ4n) is 2.34. The van der Waals surface area contributed by atoms with E-state index in [1.807, 2.05) is 56.3 Å². The number of ether oxygens (including phenoxy) is 2. The fraction of sp³-hybridized carbons (Fsp3) is 0.368. The number of benzene rings is 1. The minimum Gasteiger partial charge on any atom is -0.494 e. The van der Waals surface area contributed by atoms with Crippen LogP contribution in [0.5, 0.6) is 11.5 Å². The van der Waals surface area contributed by atoms with Gasteiger partial charge in [-0.2, -0.15) is 10.5 Å². The summed E-state index contributed by atoms with van der Waals surface area (Å²) in [5, 5.41) is 18.2. The second-order valence-corrected chi connectivity index (χ2v) is 5.23. The minimum absolute atomic E-state index is 0.202. The van der Waals surface area contributed by atoms with Crippen LogP contribution in [0.15, 0.2) is 35.4 Å². The van der Waals surface area contributed by atoms with E-state index in [1.165, 1.54) is 0 Å². The zero-order chi connectivity index (χ0) is 16.7. The van der Waals surface area contributed by atoms with E-state index < -0.39 is 0 Å². The molecule has 1 fully saturated rings. The van der Waals surface area contributed by atoms with Crippen LogP contribution in [0.4, 0.5) is 0 Å². The number of allylic oxidation sites excluding steroid dienone is 3. The van der Waals surface area contributed by atoms with Crippen molar-refractivity contribution >= 4 is 6.08 Å². The third-order valence-corrected chi connectivity index (χ3v) is 3.57. The van der Waals surface area contributed by atoms with E-state index in [9.17, 15) is 0 Å². The summed E-state index contributed by atoms with van der Waals surface area (Å²) in [6.07, 6.45) is 5.85. The van der Waals surface area contributed by atoms with E-state index in [-0.39, 0.29) is 5.57 Å². The van der Waals surface area contributed by atoms with Gasteiger partial charge in [0.25, 0.3) is 0 Å². The Balaban J connectivity index is 2.32. The van der Waals surface area contributed by atoms with E-state index >= 15 is 0 Å². The summed E-state index contributed by atoms with van der Waals surface area (Å²) in [6, 6.07) is 9.66. The number of hydrogen-bond donors (Lipinski definition) is 0. The third-order valence-electron chi connectivity index (χ3n) is 3.57. The molecule has 2 rings (SSSR count). The van der Waals surface area contributed by atoms with Gasteiger partial charge in [-0.25, -0.2) is 0 Å². The molecule has 4 nitrogen and oxygen atoms in total. The number of nitriles is 2. The molecule has 1 aromatic rings. The quantitative estimate of drug-likeness (QED) is 0.558. The molecule has 118 valence electrons. The van der Waals surface area contributed by atoms with Gasteiger partial charge in [-0.1, -0.05) is 12.2 Å². The molecule has 4 heteroatoms. The van der Waals surface area contributed by atoms with Gasteiger partial charge in [-0.15, -0.1) is 0 Å². The molecule has 0 N–H and O–H groups in total. The lowest BCUT2D eigenvalue weighted by Gasteiger charge is -2.10. The highest BCUT2D eigenvalue weighted by molar-refractivity contribution is 5.63. The SMILES string of the molecule is CCOc1ccc(/C=C/C(=C(C#N)C#N)C2CC2)c(OCC)c1. The molecule has 0 spiro atoms. The lowest BCUT2D eigenvalue weighted by atomic mass is 10.0. The third kappa shape index (κ3) is 4.37. The lowest BCUT2D eigenvalue weighted by molar-refractivity contribution is 0.322. The first-order chi connectivity index (χ1) is 11.2. The van der Waals surface area contributed by atoms with Crippen LogP contribution in [0, 0.1) is 28.6 Å². The second kappa shape index (κ2) is 8.06. The summed E-state index contributed by atoms with van der Waals surface area (Å²) in [5.74, 6) is 1.83. The van der Waals surface area contributed by atoms with E-state index in [2.05, 4.69) is 0 Å². The Morgan fingerprint density at radius 2 is 1.87 bits per heavy atom. The normalized spacial score (nSPS) is 13.2. The fourth-order valence-corrected chi connectivity index (χ4v) is 2.34. The maximum Gasteiger partial charge on any atom is 0.133 e. The maximum absolute atomic E-state index is 9.10. The van der Waals surface area contributed by atoms with E-state index in [0.717, 1.165) is 35.5 Å². The van der Waals surface area contributed by atoms with Crippen LogP contribution >= 0.6 is 0 Å². The highest BCUT2D eigenvalue weighted by atomic mass is 16.5. The molecule has 0 atom stereocenters. The molecule has 1 aliphatic rings. The first-order valence-electron chi connectivity index (χ1n) is 7.85. The van der Waals surface area contributed by atoms with Crippen molar-refractivity contribution < 1.29 is 9.47 Å².